The lowest BCUT2D eigenvalue weighted by atomic mass is 10.1. The van der Waals surface area contributed by atoms with E-state index in [1.165, 1.54) is 12.8 Å². The van der Waals surface area contributed by atoms with Gasteiger partial charge in [-0.25, -0.2) is 0 Å². The number of nitrogens with one attached hydrogen (secondary N) is 1. The zero-order valence-corrected chi connectivity index (χ0v) is 11.2. The van der Waals surface area contributed by atoms with Crippen molar-refractivity contribution in [2.24, 2.45) is 5.41 Å². The van der Waals surface area contributed by atoms with Gasteiger partial charge in [0.1, 0.15) is 0 Å². The third-order valence-corrected chi connectivity index (χ3v) is 3.84. The monoisotopic (exact) mass is 287 g/mol. The van der Waals surface area contributed by atoms with Crippen LogP contribution in [0.15, 0.2) is 22.7 Å². The molecule has 1 aromatic rings. The maximum Gasteiger partial charge on any atom is 0.0451 e. The lowest BCUT2D eigenvalue weighted by molar-refractivity contribution is 0.499. The fraction of sp³-hybridized carbons (Fsp3) is 0.500. The largest absolute Gasteiger partial charge is 0.312 e. The van der Waals surface area contributed by atoms with Gasteiger partial charge >= 0.3 is 0 Å². The number of hydrogen-bond donors (Lipinski definition) is 1. The third-order valence-electron chi connectivity index (χ3n) is 2.98. The molecule has 1 saturated carbocycles. The fourth-order valence-corrected chi connectivity index (χ4v) is 2.16. The third kappa shape index (κ3) is 3.20. The number of rotatable bonds is 4. The second-order valence-corrected chi connectivity index (χ2v) is 5.97. The van der Waals surface area contributed by atoms with Gasteiger partial charge in [0.05, 0.1) is 0 Å². The molecule has 82 valence electrons. The predicted octanol–water partition coefficient (Wildman–Crippen LogP) is 3.99. The molecule has 0 spiro atoms. The molecule has 0 heterocycles. The number of hydrogen-bond acceptors (Lipinski definition) is 1. The average Bonchev–Trinajstić information content (AvgIpc) is 2.90. The molecule has 1 aliphatic carbocycles. The van der Waals surface area contributed by atoms with Crippen molar-refractivity contribution in [3.8, 4) is 0 Å². The van der Waals surface area contributed by atoms with Crippen LogP contribution in [-0.2, 0) is 6.54 Å². The van der Waals surface area contributed by atoms with Crippen LogP contribution in [0.25, 0.3) is 0 Å². The Hall–Kier alpha value is -0.0500. The first-order chi connectivity index (χ1) is 7.09. The highest BCUT2D eigenvalue weighted by atomic mass is 79.9. The van der Waals surface area contributed by atoms with E-state index in [9.17, 15) is 0 Å². The number of benzene rings is 1. The Kier molecular flexibility index (Phi) is 3.39. The normalized spacial score (nSPS) is 17.8. The van der Waals surface area contributed by atoms with E-state index in [4.69, 9.17) is 11.6 Å². The van der Waals surface area contributed by atoms with Crippen LogP contribution in [0.2, 0.25) is 5.02 Å². The van der Waals surface area contributed by atoms with Crippen molar-refractivity contribution < 1.29 is 0 Å². The van der Waals surface area contributed by atoms with E-state index >= 15 is 0 Å². The molecule has 1 N–H and O–H groups in total. The zero-order chi connectivity index (χ0) is 10.9. The van der Waals surface area contributed by atoms with Crippen LogP contribution in [0.5, 0.6) is 0 Å². The van der Waals surface area contributed by atoms with Gasteiger partial charge in [-0.2, -0.15) is 0 Å². The van der Waals surface area contributed by atoms with Crippen LogP contribution in [-0.4, -0.2) is 6.54 Å². The summed E-state index contributed by atoms with van der Waals surface area (Å²) in [5, 5.41) is 4.31. The van der Waals surface area contributed by atoms with Gasteiger partial charge in [0.25, 0.3) is 0 Å². The quantitative estimate of drug-likeness (QED) is 0.883. The molecule has 0 aromatic heterocycles. The summed E-state index contributed by atoms with van der Waals surface area (Å²) in [4.78, 5) is 0. The highest BCUT2D eigenvalue weighted by Gasteiger charge is 2.36. The summed E-state index contributed by atoms with van der Waals surface area (Å²) in [6, 6.07) is 5.97. The van der Waals surface area contributed by atoms with E-state index in [1.54, 1.807) is 0 Å². The highest BCUT2D eigenvalue weighted by molar-refractivity contribution is 9.10. The summed E-state index contributed by atoms with van der Waals surface area (Å²) in [6.45, 7) is 4.27. The van der Waals surface area contributed by atoms with E-state index in [-0.39, 0.29) is 0 Å². The van der Waals surface area contributed by atoms with Crippen molar-refractivity contribution in [2.45, 2.75) is 26.3 Å². The molecule has 0 unspecified atom stereocenters. The minimum absolute atomic E-state index is 0.554. The van der Waals surface area contributed by atoms with Crippen LogP contribution < -0.4 is 5.32 Å². The SMILES string of the molecule is CC1(CNCc2cc(Br)ccc2Cl)CC1. The molecule has 0 aliphatic heterocycles. The minimum Gasteiger partial charge on any atom is -0.312 e. The van der Waals surface area contributed by atoms with Crippen molar-refractivity contribution in [3.05, 3.63) is 33.3 Å². The Morgan fingerprint density at radius 2 is 2.20 bits per heavy atom. The molecule has 1 aromatic carbocycles. The van der Waals surface area contributed by atoms with Crippen molar-refractivity contribution in [1.29, 1.82) is 0 Å². The van der Waals surface area contributed by atoms with Gasteiger partial charge in [0.15, 0.2) is 0 Å². The van der Waals surface area contributed by atoms with Crippen LogP contribution in [0, 0.1) is 5.41 Å². The standard InChI is InChI=1S/C12H15BrClN/c1-12(4-5-12)8-15-7-9-6-10(13)2-3-11(9)14/h2-3,6,15H,4-5,7-8H2,1H3. The molecule has 1 fully saturated rings. The molecule has 0 atom stereocenters. The molecule has 2 rings (SSSR count). The Morgan fingerprint density at radius 3 is 2.87 bits per heavy atom. The number of halogens is 2. The summed E-state index contributed by atoms with van der Waals surface area (Å²) >= 11 is 9.55. The maximum absolute atomic E-state index is 6.10. The molecule has 0 saturated heterocycles. The summed E-state index contributed by atoms with van der Waals surface area (Å²) in [7, 11) is 0. The van der Waals surface area contributed by atoms with Crippen LogP contribution in [0.3, 0.4) is 0 Å². The lowest BCUT2D eigenvalue weighted by Gasteiger charge is -2.11. The topological polar surface area (TPSA) is 12.0 Å². The van der Waals surface area contributed by atoms with Crippen LogP contribution in [0.1, 0.15) is 25.3 Å². The van der Waals surface area contributed by atoms with Crippen molar-refractivity contribution in [2.75, 3.05) is 6.54 Å². The lowest BCUT2D eigenvalue weighted by Crippen LogP contribution is -2.21. The van der Waals surface area contributed by atoms with Crippen molar-refractivity contribution >= 4 is 27.5 Å². The van der Waals surface area contributed by atoms with Crippen molar-refractivity contribution in [1.82, 2.24) is 5.32 Å². The zero-order valence-electron chi connectivity index (χ0n) is 8.82. The Balaban J connectivity index is 1.89. The van der Waals surface area contributed by atoms with Gasteiger partial charge in [-0.3, -0.25) is 0 Å². The summed E-state index contributed by atoms with van der Waals surface area (Å²) < 4.78 is 1.08. The molecule has 0 bridgehead atoms. The van der Waals surface area contributed by atoms with E-state index in [0.29, 0.717) is 5.41 Å². The molecule has 1 aliphatic rings. The summed E-state index contributed by atoms with van der Waals surface area (Å²) in [5.41, 5.74) is 1.72. The van der Waals surface area contributed by atoms with E-state index < -0.39 is 0 Å². The van der Waals surface area contributed by atoms with Gasteiger partial charge in [0, 0.05) is 22.6 Å². The Bertz CT molecular complexity index is 361. The molecule has 15 heavy (non-hydrogen) atoms. The van der Waals surface area contributed by atoms with Gasteiger partial charge in [-0.15, -0.1) is 0 Å². The maximum atomic E-state index is 6.10. The molecular formula is C12H15BrClN. The first-order valence-corrected chi connectivity index (χ1v) is 6.41. The van der Waals surface area contributed by atoms with Gasteiger partial charge in [-0.05, 0) is 42.0 Å². The second-order valence-electron chi connectivity index (χ2n) is 4.65. The summed E-state index contributed by atoms with van der Waals surface area (Å²) in [6.07, 6.45) is 2.71. The smallest absolute Gasteiger partial charge is 0.0451 e. The van der Waals surface area contributed by atoms with E-state index in [0.717, 1.165) is 28.1 Å². The average molecular weight is 289 g/mol. The molecular weight excluding hydrogens is 273 g/mol. The van der Waals surface area contributed by atoms with Gasteiger partial charge < -0.3 is 5.32 Å². The summed E-state index contributed by atoms with van der Waals surface area (Å²) in [5.74, 6) is 0. The van der Waals surface area contributed by atoms with E-state index in [2.05, 4.69) is 34.2 Å². The molecule has 3 heteroatoms. The van der Waals surface area contributed by atoms with Crippen LogP contribution in [0.4, 0.5) is 0 Å². The first-order valence-electron chi connectivity index (χ1n) is 5.24. The second kappa shape index (κ2) is 4.44. The van der Waals surface area contributed by atoms with Gasteiger partial charge in [-0.1, -0.05) is 34.5 Å². The Labute approximate surface area is 104 Å². The fourth-order valence-electron chi connectivity index (χ4n) is 1.57. The van der Waals surface area contributed by atoms with Crippen molar-refractivity contribution in [3.63, 3.8) is 0 Å². The Morgan fingerprint density at radius 1 is 1.47 bits per heavy atom. The molecule has 0 amide bonds. The highest BCUT2D eigenvalue weighted by Crippen LogP contribution is 2.44. The van der Waals surface area contributed by atoms with E-state index in [1.807, 2.05) is 12.1 Å². The van der Waals surface area contributed by atoms with Crippen LogP contribution >= 0.6 is 27.5 Å². The molecule has 0 radical (unpaired) electrons. The predicted molar refractivity (Wildman–Crippen MR) is 68.2 cm³/mol. The minimum atomic E-state index is 0.554. The molecule has 1 nitrogen and oxygen atoms in total. The first kappa shape index (κ1) is 11.4. The van der Waals surface area contributed by atoms with Gasteiger partial charge in [0.2, 0.25) is 0 Å².